The van der Waals surface area contributed by atoms with Gasteiger partial charge in [0, 0.05) is 33.7 Å². The average molecular weight is 385 g/mol. The number of nitrogens with zero attached hydrogens (tertiary/aromatic N) is 1. The van der Waals surface area contributed by atoms with E-state index in [-0.39, 0.29) is 18.0 Å². The zero-order valence-electron chi connectivity index (χ0n) is 15.3. The zero-order chi connectivity index (χ0) is 19.6. The lowest BCUT2D eigenvalue weighted by Gasteiger charge is -2.23. The molecule has 0 bridgehead atoms. The second-order valence-electron chi connectivity index (χ2n) is 6.53. The quantitative estimate of drug-likeness (QED) is 0.640. The number of nitrogens with one attached hydrogen (secondary N) is 1. The molecule has 0 spiro atoms. The summed E-state index contributed by atoms with van der Waals surface area (Å²) in [7, 11) is 0. The van der Waals surface area contributed by atoms with Crippen LogP contribution in [0.3, 0.4) is 0 Å². The van der Waals surface area contributed by atoms with Crippen LogP contribution >= 0.6 is 11.6 Å². The maximum atomic E-state index is 13.1. The van der Waals surface area contributed by atoms with E-state index >= 15 is 0 Å². The van der Waals surface area contributed by atoms with Crippen molar-refractivity contribution >= 4 is 40.1 Å². The maximum Gasteiger partial charge on any atom is 0.352 e. The summed E-state index contributed by atoms with van der Waals surface area (Å²) >= 11 is 6.08. The van der Waals surface area contributed by atoms with Gasteiger partial charge in [0.25, 0.3) is 0 Å². The highest BCUT2D eigenvalue weighted by molar-refractivity contribution is 6.31. The van der Waals surface area contributed by atoms with Crippen LogP contribution in [0.2, 0.25) is 5.02 Å². The molecule has 3 rings (SSSR count). The lowest BCUT2D eigenvalue weighted by molar-refractivity contribution is -0.118. The fourth-order valence-electron chi connectivity index (χ4n) is 3.25. The maximum absolute atomic E-state index is 13.1. The Kier molecular flexibility index (Phi) is 5.51. The Morgan fingerprint density at radius 1 is 1.19 bits per heavy atom. The Morgan fingerprint density at radius 2 is 1.96 bits per heavy atom. The summed E-state index contributed by atoms with van der Waals surface area (Å²) < 4.78 is 0. The largest absolute Gasteiger partial charge is 0.477 e. The summed E-state index contributed by atoms with van der Waals surface area (Å²) in [6.07, 6.45) is 0.779. The van der Waals surface area contributed by atoms with Crippen molar-refractivity contribution in [1.29, 1.82) is 0 Å². The number of aromatic carboxylic acids is 1. The van der Waals surface area contributed by atoms with Crippen molar-refractivity contribution in [2.75, 3.05) is 11.4 Å². The van der Waals surface area contributed by atoms with Gasteiger partial charge in [-0.25, -0.2) is 4.79 Å². The van der Waals surface area contributed by atoms with Crippen LogP contribution in [0, 0.1) is 6.92 Å². The highest BCUT2D eigenvalue weighted by Crippen LogP contribution is 2.27. The number of carbonyl (C=O) groups is 2. The number of aromatic nitrogens is 1. The summed E-state index contributed by atoms with van der Waals surface area (Å²) in [6, 6.07) is 12.8. The van der Waals surface area contributed by atoms with Gasteiger partial charge in [-0.05, 0) is 49.2 Å². The highest BCUT2D eigenvalue weighted by atomic mass is 35.5. The van der Waals surface area contributed by atoms with Gasteiger partial charge in [0.05, 0.1) is 6.42 Å². The van der Waals surface area contributed by atoms with E-state index in [4.69, 9.17) is 11.6 Å². The van der Waals surface area contributed by atoms with Crippen LogP contribution in [-0.4, -0.2) is 28.5 Å². The minimum absolute atomic E-state index is 0.0179. The number of carboxylic acid groups (broad SMARTS) is 1. The zero-order valence-corrected chi connectivity index (χ0v) is 16.0. The first kappa shape index (κ1) is 19.0. The van der Waals surface area contributed by atoms with Gasteiger partial charge in [0.1, 0.15) is 5.69 Å². The second kappa shape index (κ2) is 7.84. The third kappa shape index (κ3) is 3.98. The van der Waals surface area contributed by atoms with Crippen molar-refractivity contribution < 1.29 is 14.7 Å². The van der Waals surface area contributed by atoms with Crippen LogP contribution in [0.25, 0.3) is 10.9 Å². The third-order valence-corrected chi connectivity index (χ3v) is 4.71. The van der Waals surface area contributed by atoms with Gasteiger partial charge in [-0.2, -0.15) is 0 Å². The van der Waals surface area contributed by atoms with Gasteiger partial charge < -0.3 is 15.0 Å². The Bertz CT molecular complexity index is 1010. The van der Waals surface area contributed by atoms with E-state index in [0.717, 1.165) is 17.7 Å². The normalized spacial score (nSPS) is 10.9. The predicted octanol–water partition coefficient (Wildman–Crippen LogP) is 4.81. The van der Waals surface area contributed by atoms with Gasteiger partial charge >= 0.3 is 5.97 Å². The SMILES string of the molecule is CCCN(C(=O)Cc1c(C(=O)O)[nH]c2ccc(Cl)cc12)c1cccc(C)c1. The first-order chi connectivity index (χ1) is 12.9. The Morgan fingerprint density at radius 3 is 2.63 bits per heavy atom. The number of halogens is 1. The summed E-state index contributed by atoms with van der Waals surface area (Å²) in [4.78, 5) is 29.4. The summed E-state index contributed by atoms with van der Waals surface area (Å²) in [5.41, 5.74) is 3.01. The molecule has 27 heavy (non-hydrogen) atoms. The van der Waals surface area contributed by atoms with Crippen LogP contribution in [0.15, 0.2) is 42.5 Å². The molecule has 140 valence electrons. The number of benzene rings is 2. The van der Waals surface area contributed by atoms with Crippen LogP contribution in [0.1, 0.15) is 35.0 Å². The van der Waals surface area contributed by atoms with E-state index in [1.165, 1.54) is 0 Å². The predicted molar refractivity (Wildman–Crippen MR) is 108 cm³/mol. The molecule has 5 nitrogen and oxygen atoms in total. The number of carbonyl (C=O) groups excluding carboxylic acids is 1. The molecular weight excluding hydrogens is 364 g/mol. The van der Waals surface area contributed by atoms with Gasteiger partial charge in [0.2, 0.25) is 5.91 Å². The monoisotopic (exact) mass is 384 g/mol. The first-order valence-corrected chi connectivity index (χ1v) is 9.19. The molecule has 0 radical (unpaired) electrons. The lowest BCUT2D eigenvalue weighted by Crippen LogP contribution is -2.33. The molecule has 0 aliphatic rings. The standard InChI is InChI=1S/C21H21ClN2O3/c1-3-9-24(15-6-4-5-13(2)10-15)19(25)12-17-16-11-14(22)7-8-18(16)23-20(17)21(26)27/h4-8,10-11,23H,3,9,12H2,1-2H3,(H,26,27). The number of hydrogen-bond acceptors (Lipinski definition) is 2. The Hall–Kier alpha value is -2.79. The van der Waals surface area contributed by atoms with Crippen molar-refractivity contribution in [2.24, 2.45) is 0 Å². The molecule has 0 unspecified atom stereocenters. The van der Waals surface area contributed by atoms with E-state index in [1.54, 1.807) is 23.1 Å². The fourth-order valence-corrected chi connectivity index (χ4v) is 3.42. The van der Waals surface area contributed by atoms with Crippen LogP contribution in [0.4, 0.5) is 5.69 Å². The number of H-pyrrole nitrogens is 1. The summed E-state index contributed by atoms with van der Waals surface area (Å²) in [5.74, 6) is -1.24. The van der Waals surface area contributed by atoms with Crippen molar-refractivity contribution in [3.8, 4) is 0 Å². The van der Waals surface area contributed by atoms with Gasteiger partial charge in [-0.3, -0.25) is 4.79 Å². The van der Waals surface area contributed by atoms with Crippen molar-refractivity contribution in [1.82, 2.24) is 4.98 Å². The molecule has 1 amide bonds. The molecule has 0 fully saturated rings. The van der Waals surface area contributed by atoms with E-state index in [0.29, 0.717) is 28.0 Å². The van der Waals surface area contributed by atoms with E-state index in [1.807, 2.05) is 38.1 Å². The summed E-state index contributed by atoms with van der Waals surface area (Å²) in [6.45, 7) is 4.54. The molecule has 1 aromatic heterocycles. The average Bonchev–Trinajstić information content (AvgIpc) is 2.97. The molecule has 0 aliphatic carbocycles. The number of aromatic amines is 1. The Balaban J connectivity index is 2.02. The molecule has 3 aromatic rings. The number of hydrogen-bond donors (Lipinski definition) is 2. The van der Waals surface area contributed by atoms with Crippen molar-refractivity contribution in [3.63, 3.8) is 0 Å². The first-order valence-electron chi connectivity index (χ1n) is 8.81. The minimum Gasteiger partial charge on any atom is -0.477 e. The number of rotatable bonds is 6. The molecule has 2 aromatic carbocycles. The number of aryl methyl sites for hydroxylation is 1. The fraction of sp³-hybridized carbons (Fsp3) is 0.238. The highest BCUT2D eigenvalue weighted by Gasteiger charge is 2.23. The van der Waals surface area contributed by atoms with Gasteiger partial charge in [-0.15, -0.1) is 0 Å². The van der Waals surface area contributed by atoms with Gasteiger partial charge in [-0.1, -0.05) is 30.7 Å². The molecule has 2 N–H and O–H groups in total. The topological polar surface area (TPSA) is 73.4 Å². The third-order valence-electron chi connectivity index (χ3n) is 4.47. The summed E-state index contributed by atoms with van der Waals surface area (Å²) in [5, 5.41) is 10.7. The molecule has 0 saturated carbocycles. The van der Waals surface area contributed by atoms with E-state index < -0.39 is 5.97 Å². The van der Waals surface area contributed by atoms with Crippen LogP contribution < -0.4 is 4.90 Å². The number of fused-ring (bicyclic) bond motifs is 1. The number of amides is 1. The molecule has 0 aliphatic heterocycles. The lowest BCUT2D eigenvalue weighted by atomic mass is 10.1. The second-order valence-corrected chi connectivity index (χ2v) is 6.97. The minimum atomic E-state index is -1.09. The number of carboxylic acids is 1. The van der Waals surface area contributed by atoms with Crippen molar-refractivity contribution in [2.45, 2.75) is 26.7 Å². The molecule has 0 saturated heterocycles. The molecule has 6 heteroatoms. The number of anilines is 1. The molecule has 0 atom stereocenters. The van der Waals surface area contributed by atoms with Gasteiger partial charge in [0.15, 0.2) is 0 Å². The van der Waals surface area contributed by atoms with Crippen molar-refractivity contribution in [3.05, 3.63) is 64.3 Å². The smallest absolute Gasteiger partial charge is 0.352 e. The molecule has 1 heterocycles. The van der Waals surface area contributed by atoms with E-state index in [9.17, 15) is 14.7 Å². The van der Waals surface area contributed by atoms with E-state index in [2.05, 4.69) is 4.98 Å². The van der Waals surface area contributed by atoms with Crippen LogP contribution in [0.5, 0.6) is 0 Å². The molecular formula is C21H21ClN2O3. The Labute approximate surface area is 162 Å². The van der Waals surface area contributed by atoms with Crippen LogP contribution in [-0.2, 0) is 11.2 Å².